The van der Waals surface area contributed by atoms with Crippen LogP contribution in [0.3, 0.4) is 0 Å². The molecule has 3 nitrogen and oxygen atoms in total. The molecule has 0 bridgehead atoms. The second-order valence-electron chi connectivity index (χ2n) is 5.24. The molecule has 0 fully saturated rings. The predicted molar refractivity (Wildman–Crippen MR) is 83.7 cm³/mol. The van der Waals surface area contributed by atoms with Gasteiger partial charge in [-0.25, -0.2) is 9.37 Å². The summed E-state index contributed by atoms with van der Waals surface area (Å²) in [6.07, 6.45) is 1.02. The summed E-state index contributed by atoms with van der Waals surface area (Å²) < 4.78 is 14.1. The van der Waals surface area contributed by atoms with Crippen molar-refractivity contribution in [2.45, 2.75) is 12.5 Å². The smallest absolute Gasteiger partial charge is 0.139 e. The summed E-state index contributed by atoms with van der Waals surface area (Å²) in [5.74, 6) is 0.546. The van der Waals surface area contributed by atoms with Crippen LogP contribution in [0.5, 0.6) is 0 Å². The Hall–Kier alpha value is -1.72. The third kappa shape index (κ3) is 2.17. The molecule has 0 amide bonds. The minimum atomic E-state index is -0.283. The van der Waals surface area contributed by atoms with Crippen LogP contribution in [0.4, 0.5) is 4.39 Å². The molecule has 5 heteroatoms. The van der Waals surface area contributed by atoms with Crippen LogP contribution in [0.2, 0.25) is 0 Å². The molecule has 1 unspecified atom stereocenters. The van der Waals surface area contributed by atoms with E-state index in [1.807, 2.05) is 6.07 Å². The lowest BCUT2D eigenvalue weighted by Crippen LogP contribution is -2.31. The van der Waals surface area contributed by atoms with Gasteiger partial charge in [-0.3, -0.25) is 0 Å². The zero-order valence-corrected chi connectivity index (χ0v) is 12.7. The van der Waals surface area contributed by atoms with Gasteiger partial charge < -0.3 is 10.3 Å². The van der Waals surface area contributed by atoms with E-state index >= 15 is 0 Å². The molecule has 1 atom stereocenters. The zero-order chi connectivity index (χ0) is 14.4. The normalized spacial score (nSPS) is 17.9. The van der Waals surface area contributed by atoms with Gasteiger partial charge >= 0.3 is 0 Å². The van der Waals surface area contributed by atoms with Crippen molar-refractivity contribution in [3.8, 4) is 0 Å². The van der Waals surface area contributed by atoms with Crippen LogP contribution in [0.25, 0.3) is 11.0 Å². The van der Waals surface area contributed by atoms with E-state index in [0.29, 0.717) is 4.47 Å². The van der Waals surface area contributed by atoms with Crippen molar-refractivity contribution >= 4 is 27.0 Å². The number of hydrogen-bond donors (Lipinski definition) is 2. The number of hydrogen-bond acceptors (Lipinski definition) is 2. The Morgan fingerprint density at radius 3 is 3.00 bits per heavy atom. The second kappa shape index (κ2) is 4.93. The van der Waals surface area contributed by atoms with Crippen molar-refractivity contribution in [2.75, 3.05) is 6.54 Å². The van der Waals surface area contributed by atoms with Crippen molar-refractivity contribution < 1.29 is 4.39 Å². The van der Waals surface area contributed by atoms with Crippen molar-refractivity contribution in [3.63, 3.8) is 0 Å². The van der Waals surface area contributed by atoms with Gasteiger partial charge in [0, 0.05) is 12.6 Å². The third-order valence-corrected chi connectivity index (χ3v) is 4.53. The highest BCUT2D eigenvalue weighted by Crippen LogP contribution is 2.29. The first-order valence-electron chi connectivity index (χ1n) is 6.88. The van der Waals surface area contributed by atoms with Gasteiger partial charge in [0.1, 0.15) is 11.6 Å². The topological polar surface area (TPSA) is 40.7 Å². The number of benzene rings is 2. The number of rotatable bonds is 1. The van der Waals surface area contributed by atoms with Crippen LogP contribution in [0.1, 0.15) is 23.0 Å². The molecule has 1 aliphatic heterocycles. The van der Waals surface area contributed by atoms with Gasteiger partial charge in [0.2, 0.25) is 0 Å². The van der Waals surface area contributed by atoms with Crippen LogP contribution in [-0.4, -0.2) is 16.5 Å². The predicted octanol–water partition coefficient (Wildman–Crippen LogP) is 3.70. The maximum Gasteiger partial charge on any atom is 0.139 e. The largest absolute Gasteiger partial charge is 0.340 e. The van der Waals surface area contributed by atoms with E-state index in [0.717, 1.165) is 29.8 Å². The van der Waals surface area contributed by atoms with Crippen LogP contribution < -0.4 is 5.32 Å². The van der Waals surface area contributed by atoms with Crippen molar-refractivity contribution in [1.82, 2.24) is 15.3 Å². The number of nitrogens with one attached hydrogen (secondary N) is 2. The first kappa shape index (κ1) is 13.0. The van der Waals surface area contributed by atoms with Crippen LogP contribution >= 0.6 is 15.9 Å². The molecule has 2 N–H and O–H groups in total. The first-order valence-corrected chi connectivity index (χ1v) is 7.67. The van der Waals surface area contributed by atoms with Crippen molar-refractivity contribution in [1.29, 1.82) is 0 Å². The molecule has 2 aromatic carbocycles. The molecule has 4 rings (SSSR count). The van der Waals surface area contributed by atoms with Crippen molar-refractivity contribution in [3.05, 3.63) is 63.6 Å². The summed E-state index contributed by atoms with van der Waals surface area (Å²) in [6.45, 7) is 0.913. The van der Waals surface area contributed by atoms with E-state index < -0.39 is 0 Å². The van der Waals surface area contributed by atoms with Gasteiger partial charge in [0.05, 0.1) is 21.5 Å². The average molecular weight is 346 g/mol. The summed E-state index contributed by atoms with van der Waals surface area (Å²) in [7, 11) is 0. The Labute approximate surface area is 129 Å². The Morgan fingerprint density at radius 1 is 1.24 bits per heavy atom. The molecule has 0 saturated carbocycles. The van der Waals surface area contributed by atoms with Gasteiger partial charge in [-0.05, 0) is 39.5 Å². The number of nitrogens with zero attached hydrogens (tertiary/aromatic N) is 1. The first-order chi connectivity index (χ1) is 10.2. The number of H-pyrrole nitrogens is 1. The summed E-state index contributed by atoms with van der Waals surface area (Å²) in [5, 5.41) is 3.48. The Morgan fingerprint density at radius 2 is 2.10 bits per heavy atom. The standard InChI is InChI=1S/C16H13BrFN3/c17-11-7-13-14(8-12(11)18)21-16(20-13)15-10-4-2-1-3-9(10)5-6-19-15/h1-4,7-8,15,19H,5-6H2,(H,20,21). The minimum absolute atomic E-state index is 0.0317. The van der Waals surface area contributed by atoms with E-state index in [4.69, 9.17) is 0 Å². The quantitative estimate of drug-likeness (QED) is 0.705. The molecule has 106 valence electrons. The van der Waals surface area contributed by atoms with Gasteiger partial charge in [0.15, 0.2) is 0 Å². The highest BCUT2D eigenvalue weighted by atomic mass is 79.9. The van der Waals surface area contributed by atoms with Gasteiger partial charge in [-0.15, -0.1) is 0 Å². The lowest BCUT2D eigenvalue weighted by atomic mass is 9.94. The molecule has 3 aromatic rings. The van der Waals surface area contributed by atoms with E-state index in [9.17, 15) is 4.39 Å². The zero-order valence-electron chi connectivity index (χ0n) is 11.2. The van der Waals surface area contributed by atoms with Crippen LogP contribution in [0, 0.1) is 5.82 Å². The van der Waals surface area contributed by atoms with Gasteiger partial charge in [-0.2, -0.15) is 0 Å². The minimum Gasteiger partial charge on any atom is -0.340 e. The molecular formula is C16H13BrFN3. The Balaban J connectivity index is 1.84. The van der Waals surface area contributed by atoms with E-state index in [1.54, 1.807) is 6.07 Å². The Kier molecular flexibility index (Phi) is 3.05. The monoisotopic (exact) mass is 345 g/mol. The number of aromatic nitrogens is 2. The maximum atomic E-state index is 13.6. The fraction of sp³-hybridized carbons (Fsp3) is 0.188. The van der Waals surface area contributed by atoms with E-state index in [2.05, 4.69) is 49.4 Å². The highest BCUT2D eigenvalue weighted by Gasteiger charge is 2.23. The molecule has 0 radical (unpaired) electrons. The van der Waals surface area contributed by atoms with E-state index in [1.165, 1.54) is 17.2 Å². The lowest BCUT2D eigenvalue weighted by molar-refractivity contribution is 0.549. The average Bonchev–Trinajstić information content (AvgIpc) is 2.90. The SMILES string of the molecule is Fc1cc2[nH]c(C3NCCc4ccccc43)nc2cc1Br. The molecule has 2 heterocycles. The van der Waals surface area contributed by atoms with Crippen LogP contribution in [-0.2, 0) is 6.42 Å². The molecular weight excluding hydrogens is 333 g/mol. The fourth-order valence-corrected chi connectivity index (χ4v) is 3.24. The summed E-state index contributed by atoms with van der Waals surface area (Å²) >= 11 is 3.20. The summed E-state index contributed by atoms with van der Waals surface area (Å²) in [5.41, 5.74) is 4.06. The molecule has 0 aliphatic carbocycles. The molecule has 0 saturated heterocycles. The molecule has 1 aromatic heterocycles. The third-order valence-electron chi connectivity index (χ3n) is 3.92. The fourth-order valence-electron chi connectivity index (χ4n) is 2.91. The van der Waals surface area contributed by atoms with Crippen LogP contribution in [0.15, 0.2) is 40.9 Å². The highest BCUT2D eigenvalue weighted by molar-refractivity contribution is 9.10. The number of halogens is 2. The van der Waals surface area contributed by atoms with Gasteiger partial charge in [0.25, 0.3) is 0 Å². The number of fused-ring (bicyclic) bond motifs is 2. The number of imidazole rings is 1. The van der Waals surface area contributed by atoms with Gasteiger partial charge in [-0.1, -0.05) is 24.3 Å². The second-order valence-corrected chi connectivity index (χ2v) is 6.10. The summed E-state index contributed by atoms with van der Waals surface area (Å²) in [6, 6.07) is 11.6. The summed E-state index contributed by atoms with van der Waals surface area (Å²) in [4.78, 5) is 7.86. The number of aromatic amines is 1. The maximum absolute atomic E-state index is 13.6. The molecule has 21 heavy (non-hydrogen) atoms. The van der Waals surface area contributed by atoms with E-state index in [-0.39, 0.29) is 11.9 Å². The van der Waals surface area contributed by atoms with Crippen molar-refractivity contribution in [2.24, 2.45) is 0 Å². The lowest BCUT2D eigenvalue weighted by Gasteiger charge is -2.25. The molecule has 1 aliphatic rings. The molecule has 0 spiro atoms. The Bertz CT molecular complexity index is 789.